The maximum Gasteiger partial charge on any atom is 0.267 e. The Kier molecular flexibility index (Phi) is 7.65. The van der Waals surface area contributed by atoms with Crippen LogP contribution in [0.1, 0.15) is 64.9 Å². The first kappa shape index (κ1) is 25.7. The van der Waals surface area contributed by atoms with Crippen molar-refractivity contribution in [2.24, 2.45) is 7.05 Å². The van der Waals surface area contributed by atoms with Gasteiger partial charge in [-0.15, -0.1) is 0 Å². The van der Waals surface area contributed by atoms with E-state index in [-0.39, 0.29) is 36.2 Å². The number of piperazine rings is 1. The molecule has 1 aliphatic heterocycles. The molecule has 36 heavy (non-hydrogen) atoms. The number of ether oxygens (including phenoxy) is 1. The zero-order valence-corrected chi connectivity index (χ0v) is 22.2. The van der Waals surface area contributed by atoms with Crippen molar-refractivity contribution in [3.8, 4) is 11.8 Å². The van der Waals surface area contributed by atoms with E-state index in [1.807, 2.05) is 26.1 Å². The second kappa shape index (κ2) is 10.7. The molecule has 0 saturated carbocycles. The Morgan fingerprint density at radius 2 is 1.92 bits per heavy atom. The van der Waals surface area contributed by atoms with Crippen molar-refractivity contribution < 1.29 is 4.74 Å². The highest BCUT2D eigenvalue weighted by Crippen LogP contribution is 2.33. The fraction of sp³-hybridized carbons (Fsp3) is 0.556. The molecule has 0 aliphatic carbocycles. The van der Waals surface area contributed by atoms with Gasteiger partial charge in [0.25, 0.3) is 5.56 Å². The molecule has 0 spiro atoms. The van der Waals surface area contributed by atoms with Crippen molar-refractivity contribution in [3.05, 3.63) is 52.3 Å². The fourth-order valence-electron chi connectivity index (χ4n) is 5.19. The highest BCUT2D eigenvalue weighted by atomic mass is 16.5. The number of nitriles is 1. The quantitative estimate of drug-likeness (QED) is 0.474. The SMILES string of the molecule is CC[C@H]1CN(C(C)c2ccc(OC(C)C)cn2)[C@H](CC)CN1c1cc(=O)n(C)n2cc(CC#N)nc12. The molecule has 1 unspecified atom stereocenters. The van der Waals surface area contributed by atoms with Crippen molar-refractivity contribution in [2.45, 2.75) is 78.1 Å². The minimum Gasteiger partial charge on any atom is -0.489 e. The van der Waals surface area contributed by atoms with Gasteiger partial charge in [0.05, 0.1) is 48.1 Å². The summed E-state index contributed by atoms with van der Waals surface area (Å²) in [5.41, 5.74) is 3.17. The monoisotopic (exact) mass is 491 g/mol. The summed E-state index contributed by atoms with van der Waals surface area (Å²) in [5.74, 6) is 0.786. The van der Waals surface area contributed by atoms with E-state index in [4.69, 9.17) is 20.0 Å². The Balaban J connectivity index is 1.65. The Bertz CT molecular complexity index is 1290. The Morgan fingerprint density at radius 3 is 2.53 bits per heavy atom. The predicted octanol–water partition coefficient (Wildman–Crippen LogP) is 3.72. The molecule has 4 rings (SSSR count). The number of nitrogens with zero attached hydrogens (tertiary/aromatic N) is 7. The molecular weight excluding hydrogens is 454 g/mol. The largest absolute Gasteiger partial charge is 0.489 e. The second-order valence-electron chi connectivity index (χ2n) is 9.86. The number of fused-ring (bicyclic) bond motifs is 1. The number of pyridine rings is 1. The molecule has 0 aromatic carbocycles. The van der Waals surface area contributed by atoms with E-state index >= 15 is 0 Å². The highest BCUT2D eigenvalue weighted by molar-refractivity contribution is 5.69. The van der Waals surface area contributed by atoms with Crippen LogP contribution in [0, 0.1) is 11.3 Å². The van der Waals surface area contributed by atoms with Gasteiger partial charge >= 0.3 is 0 Å². The lowest BCUT2D eigenvalue weighted by Crippen LogP contribution is -2.59. The number of hydrogen-bond donors (Lipinski definition) is 0. The van der Waals surface area contributed by atoms with Crippen molar-refractivity contribution >= 4 is 11.3 Å². The summed E-state index contributed by atoms with van der Waals surface area (Å²) in [6.45, 7) is 12.3. The molecule has 1 fully saturated rings. The average Bonchev–Trinajstić information content (AvgIpc) is 3.29. The number of anilines is 1. The average molecular weight is 492 g/mol. The zero-order valence-electron chi connectivity index (χ0n) is 22.2. The third kappa shape index (κ3) is 4.96. The molecule has 1 saturated heterocycles. The summed E-state index contributed by atoms with van der Waals surface area (Å²) in [5, 5.41) is 9.17. The van der Waals surface area contributed by atoms with E-state index in [1.165, 1.54) is 0 Å². The fourth-order valence-corrected chi connectivity index (χ4v) is 5.19. The molecule has 0 radical (unpaired) electrons. The highest BCUT2D eigenvalue weighted by Gasteiger charge is 2.36. The normalized spacial score (nSPS) is 19.6. The second-order valence-corrected chi connectivity index (χ2v) is 9.86. The molecule has 192 valence electrons. The standard InChI is InChI=1S/C27H37N7O2/c1-7-21-17-33(25-13-26(35)31(6)34-15-20(11-12-28)30-27(25)34)22(8-2)16-32(21)19(5)24-10-9-23(14-29-24)36-18(3)4/h9-10,13-15,18-19,21-22H,7-8,11,16-17H2,1-6H3/t19?,21-,22+/m1/s1. The number of hydrogen-bond acceptors (Lipinski definition) is 7. The van der Waals surface area contributed by atoms with Gasteiger partial charge in [-0.05, 0) is 45.7 Å². The summed E-state index contributed by atoms with van der Waals surface area (Å²) in [7, 11) is 1.73. The molecule has 0 bridgehead atoms. The smallest absolute Gasteiger partial charge is 0.267 e. The number of aromatic nitrogens is 4. The van der Waals surface area contributed by atoms with Crippen LogP contribution in [0.5, 0.6) is 5.75 Å². The number of imidazole rings is 1. The third-order valence-electron chi connectivity index (χ3n) is 7.18. The molecule has 3 aromatic heterocycles. The summed E-state index contributed by atoms with van der Waals surface area (Å²) in [6, 6.07) is 8.57. The summed E-state index contributed by atoms with van der Waals surface area (Å²) >= 11 is 0. The van der Waals surface area contributed by atoms with E-state index in [0.717, 1.165) is 48.7 Å². The van der Waals surface area contributed by atoms with Gasteiger partial charge < -0.3 is 9.64 Å². The van der Waals surface area contributed by atoms with Gasteiger partial charge in [0.15, 0.2) is 5.65 Å². The van der Waals surface area contributed by atoms with Gasteiger partial charge in [0.2, 0.25) is 0 Å². The molecule has 4 heterocycles. The van der Waals surface area contributed by atoms with Crippen LogP contribution < -0.4 is 15.2 Å². The van der Waals surface area contributed by atoms with Crippen LogP contribution in [-0.4, -0.2) is 55.3 Å². The van der Waals surface area contributed by atoms with Gasteiger partial charge in [0, 0.05) is 44.3 Å². The molecule has 3 atom stereocenters. The van der Waals surface area contributed by atoms with Crippen molar-refractivity contribution in [3.63, 3.8) is 0 Å². The molecule has 0 N–H and O–H groups in total. The number of rotatable bonds is 8. The Morgan fingerprint density at radius 1 is 1.17 bits per heavy atom. The molecule has 0 amide bonds. The van der Waals surface area contributed by atoms with Gasteiger partial charge in [-0.25, -0.2) is 14.2 Å². The Labute approximate surface area is 212 Å². The van der Waals surface area contributed by atoms with Crippen LogP contribution in [0.2, 0.25) is 0 Å². The van der Waals surface area contributed by atoms with Crippen molar-refractivity contribution in [1.82, 2.24) is 24.1 Å². The van der Waals surface area contributed by atoms with Gasteiger partial charge in [-0.2, -0.15) is 5.26 Å². The van der Waals surface area contributed by atoms with Crippen LogP contribution in [0.3, 0.4) is 0 Å². The first-order valence-corrected chi connectivity index (χ1v) is 12.9. The topological polar surface area (TPSA) is 91.7 Å². The van der Waals surface area contributed by atoms with E-state index in [9.17, 15) is 4.79 Å². The van der Waals surface area contributed by atoms with E-state index in [0.29, 0.717) is 5.69 Å². The molecular formula is C27H37N7O2. The van der Waals surface area contributed by atoms with Crippen LogP contribution in [0.15, 0.2) is 35.4 Å². The maximum atomic E-state index is 12.9. The Hall–Kier alpha value is -3.38. The lowest BCUT2D eigenvalue weighted by Gasteiger charge is -2.49. The molecule has 9 nitrogen and oxygen atoms in total. The van der Waals surface area contributed by atoms with Crippen molar-refractivity contribution in [1.29, 1.82) is 5.26 Å². The first-order chi connectivity index (χ1) is 17.3. The van der Waals surface area contributed by atoms with Crippen LogP contribution in [-0.2, 0) is 13.5 Å². The summed E-state index contributed by atoms with van der Waals surface area (Å²) < 4.78 is 9.09. The van der Waals surface area contributed by atoms with Gasteiger partial charge in [-0.1, -0.05) is 13.8 Å². The van der Waals surface area contributed by atoms with Crippen molar-refractivity contribution in [2.75, 3.05) is 18.0 Å². The molecule has 3 aromatic rings. The van der Waals surface area contributed by atoms with Crippen LogP contribution in [0.25, 0.3) is 5.65 Å². The van der Waals surface area contributed by atoms with E-state index in [1.54, 1.807) is 28.5 Å². The lowest BCUT2D eigenvalue weighted by molar-refractivity contribution is 0.0990. The zero-order chi connectivity index (χ0) is 26.0. The van der Waals surface area contributed by atoms with E-state index in [2.05, 4.69) is 42.7 Å². The third-order valence-corrected chi connectivity index (χ3v) is 7.18. The minimum absolute atomic E-state index is 0.0926. The maximum absolute atomic E-state index is 12.9. The van der Waals surface area contributed by atoms with Crippen LogP contribution >= 0.6 is 0 Å². The molecule has 1 aliphatic rings. The van der Waals surface area contributed by atoms with E-state index < -0.39 is 0 Å². The van der Waals surface area contributed by atoms with Gasteiger partial charge in [-0.3, -0.25) is 14.7 Å². The lowest BCUT2D eigenvalue weighted by atomic mass is 9.98. The predicted molar refractivity (Wildman–Crippen MR) is 140 cm³/mol. The molecule has 9 heteroatoms. The van der Waals surface area contributed by atoms with Crippen LogP contribution in [0.4, 0.5) is 5.69 Å². The number of aryl methyl sites for hydroxylation is 1. The minimum atomic E-state index is -0.0926. The summed E-state index contributed by atoms with van der Waals surface area (Å²) in [6.07, 6.45) is 5.84. The summed E-state index contributed by atoms with van der Waals surface area (Å²) in [4.78, 5) is 27.2. The van der Waals surface area contributed by atoms with Gasteiger partial charge in [0.1, 0.15) is 5.75 Å². The first-order valence-electron chi connectivity index (χ1n) is 12.9.